The molecule has 1 fully saturated rings. The van der Waals surface area contributed by atoms with Crippen molar-refractivity contribution in [2.75, 3.05) is 18.1 Å². The quantitative estimate of drug-likeness (QED) is 0.904. The zero-order valence-corrected chi connectivity index (χ0v) is 14.7. The zero-order valence-electron chi connectivity index (χ0n) is 14.7. The fourth-order valence-corrected chi connectivity index (χ4v) is 3.84. The maximum absolute atomic E-state index is 12.2. The van der Waals surface area contributed by atoms with Crippen LogP contribution in [0.15, 0.2) is 30.7 Å². The molecule has 1 saturated carbocycles. The van der Waals surface area contributed by atoms with E-state index in [4.69, 9.17) is 4.74 Å². The molecule has 132 valence electrons. The summed E-state index contributed by atoms with van der Waals surface area (Å²) >= 11 is 0. The number of imidazole rings is 1. The topological polar surface area (TPSA) is 58.2 Å². The molecular weight excluding hydrogens is 314 g/mol. The molecule has 1 aliphatic heterocycles. The van der Waals surface area contributed by atoms with Gasteiger partial charge in [-0.3, -0.25) is 4.79 Å². The number of carbonyl (C=O) groups is 1. The zero-order chi connectivity index (χ0) is 17.2. The predicted molar refractivity (Wildman–Crippen MR) is 97.0 cm³/mol. The van der Waals surface area contributed by atoms with Crippen LogP contribution in [0.5, 0.6) is 5.75 Å². The number of carbonyl (C=O) groups excluding carboxylic acids is 1. The van der Waals surface area contributed by atoms with Crippen LogP contribution in [-0.2, 0) is 11.2 Å². The Balaban J connectivity index is 1.60. The molecule has 4 rings (SSSR count). The Labute approximate surface area is 148 Å². The van der Waals surface area contributed by atoms with Crippen LogP contribution in [0, 0.1) is 5.92 Å². The van der Waals surface area contributed by atoms with Crippen molar-refractivity contribution in [2.45, 2.75) is 44.9 Å². The van der Waals surface area contributed by atoms with Gasteiger partial charge in [0.1, 0.15) is 5.75 Å². The van der Waals surface area contributed by atoms with Gasteiger partial charge in [0.25, 0.3) is 0 Å². The van der Waals surface area contributed by atoms with Crippen molar-refractivity contribution in [1.29, 1.82) is 0 Å². The van der Waals surface area contributed by atoms with Gasteiger partial charge in [-0.25, -0.2) is 4.98 Å². The molecule has 0 bridgehead atoms. The Bertz CT molecular complexity index is 737. The van der Waals surface area contributed by atoms with Gasteiger partial charge < -0.3 is 14.6 Å². The van der Waals surface area contributed by atoms with Gasteiger partial charge in [0.2, 0.25) is 5.91 Å². The third-order valence-corrected chi connectivity index (χ3v) is 5.52. The smallest absolute Gasteiger partial charge is 0.223 e. The van der Waals surface area contributed by atoms with Crippen molar-refractivity contribution in [2.24, 2.45) is 5.92 Å². The number of hydrogen-bond donors (Lipinski definition) is 1. The van der Waals surface area contributed by atoms with Crippen molar-refractivity contribution in [3.8, 4) is 5.75 Å². The molecule has 1 N–H and O–H groups in total. The lowest BCUT2D eigenvalue weighted by molar-refractivity contribution is -0.116. The summed E-state index contributed by atoms with van der Waals surface area (Å²) in [5.41, 5.74) is 3.27. The number of anilines is 1. The second-order valence-electron chi connectivity index (χ2n) is 7.25. The number of aromatic nitrogens is 2. The highest BCUT2D eigenvalue weighted by Crippen LogP contribution is 2.38. The number of aromatic amines is 1. The van der Waals surface area contributed by atoms with Crippen LogP contribution in [0.2, 0.25) is 0 Å². The van der Waals surface area contributed by atoms with Gasteiger partial charge in [-0.1, -0.05) is 6.42 Å². The molecule has 1 aromatic carbocycles. The first-order valence-electron chi connectivity index (χ1n) is 9.23. The van der Waals surface area contributed by atoms with E-state index in [2.05, 4.69) is 16.0 Å². The van der Waals surface area contributed by atoms with E-state index in [0.717, 1.165) is 43.1 Å². The molecule has 1 aliphatic carbocycles. The van der Waals surface area contributed by atoms with E-state index >= 15 is 0 Å². The van der Waals surface area contributed by atoms with Gasteiger partial charge >= 0.3 is 0 Å². The molecule has 5 nitrogen and oxygen atoms in total. The van der Waals surface area contributed by atoms with E-state index in [9.17, 15) is 4.79 Å². The summed E-state index contributed by atoms with van der Waals surface area (Å²) in [4.78, 5) is 21.5. The highest BCUT2D eigenvalue weighted by molar-refractivity contribution is 5.91. The van der Waals surface area contributed by atoms with E-state index in [0.29, 0.717) is 11.8 Å². The first-order chi connectivity index (χ1) is 12.2. The molecule has 0 saturated heterocycles. The SMILES string of the molecule is CC(=O)N(CC1CCC1)c1ccc2c(c1)C(Cc1c[nH]cn1)CCO2. The average molecular weight is 339 g/mol. The fourth-order valence-electron chi connectivity index (χ4n) is 3.84. The minimum Gasteiger partial charge on any atom is -0.493 e. The van der Waals surface area contributed by atoms with Crippen molar-refractivity contribution in [3.63, 3.8) is 0 Å². The second-order valence-corrected chi connectivity index (χ2v) is 7.25. The van der Waals surface area contributed by atoms with Gasteiger partial charge in [0.05, 0.1) is 18.6 Å². The summed E-state index contributed by atoms with van der Waals surface area (Å²) in [7, 11) is 0. The molecular formula is C20H25N3O2. The summed E-state index contributed by atoms with van der Waals surface area (Å²) in [5, 5.41) is 0. The number of benzene rings is 1. The lowest BCUT2D eigenvalue weighted by Crippen LogP contribution is -2.36. The predicted octanol–water partition coefficient (Wildman–Crippen LogP) is 3.67. The summed E-state index contributed by atoms with van der Waals surface area (Å²) in [6.45, 7) is 3.23. The fraction of sp³-hybridized carbons (Fsp3) is 0.500. The largest absolute Gasteiger partial charge is 0.493 e. The second kappa shape index (κ2) is 6.90. The maximum Gasteiger partial charge on any atom is 0.223 e. The van der Waals surface area contributed by atoms with Crippen LogP contribution >= 0.6 is 0 Å². The number of fused-ring (bicyclic) bond motifs is 1. The summed E-state index contributed by atoms with van der Waals surface area (Å²) in [5.74, 6) is 2.09. The molecule has 5 heteroatoms. The molecule has 1 atom stereocenters. The Hall–Kier alpha value is -2.30. The number of nitrogens with zero attached hydrogens (tertiary/aromatic N) is 2. The Kier molecular flexibility index (Phi) is 4.47. The van der Waals surface area contributed by atoms with E-state index < -0.39 is 0 Å². The number of hydrogen-bond acceptors (Lipinski definition) is 3. The normalized spacial score (nSPS) is 19.6. The minimum atomic E-state index is 0.118. The average Bonchev–Trinajstić information content (AvgIpc) is 3.07. The molecule has 2 heterocycles. The lowest BCUT2D eigenvalue weighted by atomic mass is 9.84. The van der Waals surface area contributed by atoms with Crippen molar-refractivity contribution in [1.82, 2.24) is 9.97 Å². The number of amides is 1. The van der Waals surface area contributed by atoms with Crippen LogP contribution in [0.25, 0.3) is 0 Å². The van der Waals surface area contributed by atoms with Crippen LogP contribution in [-0.4, -0.2) is 29.0 Å². The van der Waals surface area contributed by atoms with E-state index in [1.807, 2.05) is 23.2 Å². The molecule has 1 aromatic heterocycles. The lowest BCUT2D eigenvalue weighted by Gasteiger charge is -2.33. The van der Waals surface area contributed by atoms with E-state index in [1.165, 1.54) is 24.8 Å². The minimum absolute atomic E-state index is 0.118. The van der Waals surface area contributed by atoms with Gasteiger partial charge in [0.15, 0.2) is 0 Å². The van der Waals surface area contributed by atoms with E-state index in [-0.39, 0.29) is 5.91 Å². The van der Waals surface area contributed by atoms with Crippen LogP contribution in [0.3, 0.4) is 0 Å². The molecule has 0 radical (unpaired) electrons. The maximum atomic E-state index is 12.2. The van der Waals surface area contributed by atoms with Crippen LogP contribution in [0.4, 0.5) is 5.69 Å². The first kappa shape index (κ1) is 16.2. The molecule has 1 amide bonds. The molecule has 2 aliphatic rings. The third-order valence-electron chi connectivity index (χ3n) is 5.52. The number of nitrogens with one attached hydrogen (secondary N) is 1. The van der Waals surface area contributed by atoms with Crippen LogP contribution < -0.4 is 9.64 Å². The molecule has 1 unspecified atom stereocenters. The summed E-state index contributed by atoms with van der Waals surface area (Å²) in [6.07, 6.45) is 9.32. The first-order valence-corrected chi connectivity index (χ1v) is 9.23. The van der Waals surface area contributed by atoms with Crippen molar-refractivity contribution >= 4 is 11.6 Å². The van der Waals surface area contributed by atoms with Crippen LogP contribution in [0.1, 0.15) is 49.8 Å². The summed E-state index contributed by atoms with van der Waals surface area (Å²) < 4.78 is 5.85. The third kappa shape index (κ3) is 3.41. The molecule has 0 spiro atoms. The highest BCUT2D eigenvalue weighted by Gasteiger charge is 2.26. The van der Waals surface area contributed by atoms with Crippen molar-refractivity contribution < 1.29 is 9.53 Å². The molecule has 2 aromatic rings. The number of rotatable bonds is 5. The van der Waals surface area contributed by atoms with Gasteiger partial charge in [-0.05, 0) is 61.3 Å². The van der Waals surface area contributed by atoms with Gasteiger partial charge in [0, 0.05) is 25.4 Å². The Morgan fingerprint density at radius 1 is 1.36 bits per heavy atom. The van der Waals surface area contributed by atoms with Gasteiger partial charge in [-0.2, -0.15) is 0 Å². The van der Waals surface area contributed by atoms with Gasteiger partial charge in [-0.15, -0.1) is 0 Å². The highest BCUT2D eigenvalue weighted by atomic mass is 16.5. The number of H-pyrrole nitrogens is 1. The van der Waals surface area contributed by atoms with Crippen molar-refractivity contribution in [3.05, 3.63) is 42.0 Å². The number of ether oxygens (including phenoxy) is 1. The van der Waals surface area contributed by atoms with E-state index in [1.54, 1.807) is 13.3 Å². The standard InChI is InChI=1S/C20H25N3O2/c1-14(24)23(12-15-3-2-4-15)18-5-6-20-19(10-18)16(7-8-25-20)9-17-11-21-13-22-17/h5-6,10-11,13,15-16H,2-4,7-9,12H2,1H3,(H,21,22). The molecule has 25 heavy (non-hydrogen) atoms. The Morgan fingerprint density at radius 3 is 2.92 bits per heavy atom. The Morgan fingerprint density at radius 2 is 2.24 bits per heavy atom. The monoisotopic (exact) mass is 339 g/mol. The summed E-state index contributed by atoms with van der Waals surface area (Å²) in [6, 6.07) is 6.21.